The van der Waals surface area contributed by atoms with Crippen molar-refractivity contribution in [1.29, 1.82) is 0 Å². The molecule has 0 bridgehead atoms. The van der Waals surface area contributed by atoms with E-state index in [4.69, 9.17) is 10.5 Å². The molecule has 1 fully saturated rings. The zero-order valence-corrected chi connectivity index (χ0v) is 12.3. The molecule has 19 heavy (non-hydrogen) atoms. The van der Waals surface area contributed by atoms with Crippen LogP contribution >= 0.6 is 11.8 Å². The molecule has 0 spiro atoms. The molecule has 2 nitrogen and oxygen atoms in total. The third kappa shape index (κ3) is 4.03. The molecule has 2 N–H and O–H groups in total. The molecular formula is C15H22FNOS. The SMILES string of the molecule is CCCOc1cc(SC2CCCCC2)c(N)cc1F. The minimum atomic E-state index is -0.362. The quantitative estimate of drug-likeness (QED) is 0.801. The Morgan fingerprint density at radius 2 is 2.05 bits per heavy atom. The Balaban J connectivity index is 2.09. The van der Waals surface area contributed by atoms with Crippen molar-refractivity contribution in [3.63, 3.8) is 0 Å². The average Bonchev–Trinajstić information content (AvgIpc) is 2.42. The van der Waals surface area contributed by atoms with Gasteiger partial charge in [-0.2, -0.15) is 0 Å². The van der Waals surface area contributed by atoms with Crippen LogP contribution in [-0.4, -0.2) is 11.9 Å². The van der Waals surface area contributed by atoms with Gasteiger partial charge in [0.25, 0.3) is 0 Å². The van der Waals surface area contributed by atoms with Crippen molar-refractivity contribution in [3.05, 3.63) is 17.9 Å². The van der Waals surface area contributed by atoms with E-state index in [-0.39, 0.29) is 5.82 Å². The Morgan fingerprint density at radius 3 is 2.74 bits per heavy atom. The first-order valence-corrected chi connectivity index (χ1v) is 7.97. The second kappa shape index (κ2) is 7.04. The maximum atomic E-state index is 13.7. The molecule has 0 saturated heterocycles. The van der Waals surface area contributed by atoms with Crippen molar-refractivity contribution in [2.45, 2.75) is 55.6 Å². The average molecular weight is 283 g/mol. The summed E-state index contributed by atoms with van der Waals surface area (Å²) in [6.07, 6.45) is 7.24. The minimum Gasteiger partial charge on any atom is -0.490 e. The number of halogens is 1. The van der Waals surface area contributed by atoms with E-state index in [0.29, 0.717) is 23.3 Å². The second-order valence-electron chi connectivity index (χ2n) is 5.05. The van der Waals surface area contributed by atoms with Gasteiger partial charge < -0.3 is 10.5 Å². The van der Waals surface area contributed by atoms with Crippen molar-refractivity contribution in [3.8, 4) is 5.75 Å². The Bertz CT molecular complexity index is 419. The highest BCUT2D eigenvalue weighted by atomic mass is 32.2. The minimum absolute atomic E-state index is 0.328. The van der Waals surface area contributed by atoms with Crippen molar-refractivity contribution < 1.29 is 9.13 Å². The van der Waals surface area contributed by atoms with Crippen LogP contribution in [0.1, 0.15) is 45.4 Å². The Hall–Kier alpha value is -0.900. The molecule has 0 heterocycles. The van der Waals surface area contributed by atoms with E-state index in [0.717, 1.165) is 11.3 Å². The molecule has 0 atom stereocenters. The lowest BCUT2D eigenvalue weighted by molar-refractivity contribution is 0.300. The van der Waals surface area contributed by atoms with Crippen LogP contribution in [0.25, 0.3) is 0 Å². The highest BCUT2D eigenvalue weighted by Crippen LogP contribution is 2.38. The van der Waals surface area contributed by atoms with Gasteiger partial charge in [0, 0.05) is 21.9 Å². The maximum absolute atomic E-state index is 13.7. The molecule has 1 saturated carbocycles. The number of nitrogens with two attached hydrogens (primary N) is 1. The summed E-state index contributed by atoms with van der Waals surface area (Å²) in [5, 5.41) is 0.612. The molecule has 0 aromatic heterocycles. The molecule has 4 heteroatoms. The second-order valence-corrected chi connectivity index (χ2v) is 6.39. The monoisotopic (exact) mass is 283 g/mol. The fourth-order valence-electron chi connectivity index (χ4n) is 2.34. The summed E-state index contributed by atoms with van der Waals surface area (Å²) < 4.78 is 19.1. The third-order valence-corrected chi connectivity index (χ3v) is 4.78. The van der Waals surface area contributed by atoms with E-state index in [1.54, 1.807) is 17.8 Å². The van der Waals surface area contributed by atoms with Gasteiger partial charge >= 0.3 is 0 Å². The normalized spacial score (nSPS) is 16.5. The Kier molecular flexibility index (Phi) is 5.37. The first kappa shape index (κ1) is 14.5. The number of ether oxygens (including phenoxy) is 1. The number of benzene rings is 1. The first-order chi connectivity index (χ1) is 9.20. The lowest BCUT2D eigenvalue weighted by atomic mass is 10.0. The third-order valence-electron chi connectivity index (χ3n) is 3.37. The summed E-state index contributed by atoms with van der Waals surface area (Å²) in [7, 11) is 0. The van der Waals surface area contributed by atoms with Gasteiger partial charge in [-0.05, 0) is 25.3 Å². The van der Waals surface area contributed by atoms with E-state index >= 15 is 0 Å². The molecule has 1 aromatic carbocycles. The fourth-order valence-corrected chi connectivity index (χ4v) is 3.64. The van der Waals surface area contributed by atoms with Crippen LogP contribution in [0.15, 0.2) is 17.0 Å². The summed E-state index contributed by atoms with van der Waals surface area (Å²) in [5.41, 5.74) is 6.44. The number of thioether (sulfide) groups is 1. The lowest BCUT2D eigenvalue weighted by Crippen LogP contribution is -2.08. The van der Waals surface area contributed by atoms with Gasteiger partial charge in [-0.15, -0.1) is 11.8 Å². The van der Waals surface area contributed by atoms with Gasteiger partial charge in [0.15, 0.2) is 11.6 Å². The standard InChI is InChI=1S/C15H22FNOS/c1-2-8-18-14-10-15(13(17)9-12(14)16)19-11-6-4-3-5-7-11/h9-11H,2-8,17H2,1H3. The first-order valence-electron chi connectivity index (χ1n) is 7.09. The van der Waals surface area contributed by atoms with Crippen molar-refractivity contribution in [2.24, 2.45) is 0 Å². The van der Waals surface area contributed by atoms with E-state index in [1.807, 2.05) is 6.92 Å². The van der Waals surface area contributed by atoms with Gasteiger partial charge in [0.1, 0.15) is 0 Å². The zero-order chi connectivity index (χ0) is 13.7. The van der Waals surface area contributed by atoms with E-state index < -0.39 is 0 Å². The van der Waals surface area contributed by atoms with Crippen LogP contribution in [0.4, 0.5) is 10.1 Å². The zero-order valence-electron chi connectivity index (χ0n) is 11.5. The Labute approximate surface area is 118 Å². The summed E-state index contributed by atoms with van der Waals surface area (Å²) in [6.45, 7) is 2.54. The predicted molar refractivity (Wildman–Crippen MR) is 79.3 cm³/mol. The Morgan fingerprint density at radius 1 is 1.32 bits per heavy atom. The number of nitrogen functional groups attached to an aromatic ring is 1. The van der Waals surface area contributed by atoms with E-state index in [1.165, 1.54) is 38.2 Å². The molecular weight excluding hydrogens is 261 g/mol. The summed E-state index contributed by atoms with van der Waals surface area (Å²) in [4.78, 5) is 0.958. The van der Waals surface area contributed by atoms with Gasteiger partial charge in [-0.3, -0.25) is 0 Å². The van der Waals surface area contributed by atoms with Crippen LogP contribution in [0.3, 0.4) is 0 Å². The maximum Gasteiger partial charge on any atom is 0.167 e. The van der Waals surface area contributed by atoms with Crippen molar-refractivity contribution >= 4 is 17.4 Å². The molecule has 106 valence electrons. The smallest absolute Gasteiger partial charge is 0.167 e. The summed E-state index contributed by atoms with van der Waals surface area (Å²) >= 11 is 1.78. The lowest BCUT2D eigenvalue weighted by Gasteiger charge is -2.22. The van der Waals surface area contributed by atoms with Crippen LogP contribution in [0, 0.1) is 5.82 Å². The fraction of sp³-hybridized carbons (Fsp3) is 0.600. The topological polar surface area (TPSA) is 35.2 Å². The molecule has 0 radical (unpaired) electrons. The summed E-state index contributed by atoms with van der Waals surface area (Å²) in [5.74, 6) is -0.0340. The number of anilines is 1. The number of hydrogen-bond donors (Lipinski definition) is 1. The highest BCUT2D eigenvalue weighted by Gasteiger charge is 2.17. The van der Waals surface area contributed by atoms with Gasteiger partial charge in [-0.25, -0.2) is 4.39 Å². The predicted octanol–water partition coefficient (Wildman–Crippen LogP) is 4.62. The largest absolute Gasteiger partial charge is 0.490 e. The van der Waals surface area contributed by atoms with Gasteiger partial charge in [0.05, 0.1) is 6.61 Å². The van der Waals surface area contributed by atoms with Crippen LogP contribution in [-0.2, 0) is 0 Å². The van der Waals surface area contributed by atoms with Crippen molar-refractivity contribution in [2.75, 3.05) is 12.3 Å². The highest BCUT2D eigenvalue weighted by molar-refractivity contribution is 8.00. The molecule has 0 aliphatic heterocycles. The van der Waals surface area contributed by atoms with Crippen LogP contribution in [0.5, 0.6) is 5.75 Å². The van der Waals surface area contributed by atoms with Crippen LogP contribution < -0.4 is 10.5 Å². The van der Waals surface area contributed by atoms with Crippen molar-refractivity contribution in [1.82, 2.24) is 0 Å². The number of hydrogen-bond acceptors (Lipinski definition) is 3. The molecule has 0 unspecified atom stereocenters. The molecule has 2 rings (SSSR count). The molecule has 1 aromatic rings. The molecule has 1 aliphatic rings. The number of rotatable bonds is 5. The van der Waals surface area contributed by atoms with Gasteiger partial charge in [0.2, 0.25) is 0 Å². The molecule has 1 aliphatic carbocycles. The van der Waals surface area contributed by atoms with Crippen LogP contribution in [0.2, 0.25) is 0 Å². The summed E-state index contributed by atoms with van der Waals surface area (Å²) in [6, 6.07) is 3.15. The van der Waals surface area contributed by atoms with E-state index in [9.17, 15) is 4.39 Å². The van der Waals surface area contributed by atoms with Gasteiger partial charge in [-0.1, -0.05) is 26.2 Å². The van der Waals surface area contributed by atoms with E-state index in [2.05, 4.69) is 0 Å². The molecule has 0 amide bonds.